The van der Waals surface area contributed by atoms with E-state index in [0.29, 0.717) is 12.5 Å². The van der Waals surface area contributed by atoms with Gasteiger partial charge in [0.1, 0.15) is 5.82 Å². The molecule has 0 aromatic carbocycles. The van der Waals surface area contributed by atoms with Gasteiger partial charge in [0.15, 0.2) is 0 Å². The number of rotatable bonds is 4. The molecule has 72 valence electrons. The first-order valence-electron chi connectivity index (χ1n) is 4.73. The van der Waals surface area contributed by atoms with Crippen molar-refractivity contribution in [2.75, 3.05) is 6.54 Å². The molecule has 0 aliphatic rings. The maximum Gasteiger partial charge on any atom is 0.129 e. The number of nitrogens with two attached hydrogens (primary N) is 1. The summed E-state index contributed by atoms with van der Waals surface area (Å²) in [5.74, 6) is 1.50. The first-order valence-corrected chi connectivity index (χ1v) is 4.73. The summed E-state index contributed by atoms with van der Waals surface area (Å²) in [5.41, 5.74) is 6.55. The molecule has 13 heavy (non-hydrogen) atoms. The second kappa shape index (κ2) is 4.92. The molecule has 2 N–H and O–H groups in total. The van der Waals surface area contributed by atoms with Crippen LogP contribution in [0, 0.1) is 5.92 Å². The van der Waals surface area contributed by atoms with E-state index in [0.717, 1.165) is 24.4 Å². The Kier molecular flexibility index (Phi) is 3.83. The summed E-state index contributed by atoms with van der Waals surface area (Å²) in [5, 5.41) is 0. The lowest BCUT2D eigenvalue weighted by atomic mass is 10.1. The molecule has 0 aliphatic heterocycles. The van der Waals surface area contributed by atoms with Crippen LogP contribution in [0.5, 0.6) is 0 Å². The van der Waals surface area contributed by atoms with Gasteiger partial charge in [-0.1, -0.05) is 13.8 Å². The van der Waals surface area contributed by atoms with Crippen LogP contribution in [0.3, 0.4) is 0 Å². The van der Waals surface area contributed by atoms with Gasteiger partial charge in [0.25, 0.3) is 0 Å². The lowest BCUT2D eigenvalue weighted by molar-refractivity contribution is 0.629. The maximum absolute atomic E-state index is 5.43. The minimum Gasteiger partial charge on any atom is -0.330 e. The molecule has 0 saturated carbocycles. The average Bonchev–Trinajstić information content (AvgIpc) is 2.04. The summed E-state index contributed by atoms with van der Waals surface area (Å²) in [6.07, 6.45) is 3.60. The molecule has 0 radical (unpaired) electrons. The lowest BCUT2D eigenvalue weighted by Gasteiger charge is -2.04. The Balaban J connectivity index is 2.67. The fourth-order valence-electron chi connectivity index (χ4n) is 1.22. The number of hydrogen-bond acceptors (Lipinski definition) is 3. The molecule has 1 heterocycles. The molecule has 0 unspecified atom stereocenters. The Hall–Kier alpha value is -0.960. The van der Waals surface area contributed by atoms with Crippen molar-refractivity contribution in [3.8, 4) is 0 Å². The van der Waals surface area contributed by atoms with Crippen LogP contribution in [0.25, 0.3) is 0 Å². The van der Waals surface area contributed by atoms with Gasteiger partial charge in [-0.3, -0.25) is 0 Å². The second-order valence-corrected chi connectivity index (χ2v) is 3.60. The van der Waals surface area contributed by atoms with Crippen molar-refractivity contribution in [1.82, 2.24) is 9.97 Å². The van der Waals surface area contributed by atoms with Crippen LogP contribution in [0.2, 0.25) is 0 Å². The largest absolute Gasteiger partial charge is 0.330 e. The van der Waals surface area contributed by atoms with Crippen LogP contribution in [-0.4, -0.2) is 16.5 Å². The molecule has 0 aliphatic carbocycles. The smallest absolute Gasteiger partial charge is 0.129 e. The fraction of sp³-hybridized carbons (Fsp3) is 0.600. The highest BCUT2D eigenvalue weighted by atomic mass is 14.9. The van der Waals surface area contributed by atoms with Crippen molar-refractivity contribution < 1.29 is 0 Å². The quantitative estimate of drug-likeness (QED) is 0.755. The minimum absolute atomic E-state index is 0.616. The molecule has 0 bridgehead atoms. The third-order valence-corrected chi connectivity index (χ3v) is 1.75. The van der Waals surface area contributed by atoms with E-state index in [1.165, 1.54) is 0 Å². The van der Waals surface area contributed by atoms with E-state index < -0.39 is 0 Å². The van der Waals surface area contributed by atoms with Gasteiger partial charge >= 0.3 is 0 Å². The summed E-state index contributed by atoms with van der Waals surface area (Å²) in [6, 6.07) is 1.97. The van der Waals surface area contributed by atoms with E-state index in [1.54, 1.807) is 0 Å². The first-order chi connectivity index (χ1) is 6.22. The third kappa shape index (κ3) is 3.51. The average molecular weight is 179 g/mol. The summed E-state index contributed by atoms with van der Waals surface area (Å²) in [7, 11) is 0. The van der Waals surface area contributed by atoms with Crippen LogP contribution >= 0.6 is 0 Å². The van der Waals surface area contributed by atoms with E-state index in [2.05, 4.69) is 23.8 Å². The lowest BCUT2D eigenvalue weighted by Crippen LogP contribution is -2.08. The van der Waals surface area contributed by atoms with Gasteiger partial charge in [0, 0.05) is 18.3 Å². The van der Waals surface area contributed by atoms with E-state index in [4.69, 9.17) is 5.73 Å². The van der Waals surface area contributed by atoms with Gasteiger partial charge in [-0.25, -0.2) is 9.97 Å². The predicted molar refractivity (Wildman–Crippen MR) is 53.3 cm³/mol. The number of aromatic nitrogens is 2. The van der Waals surface area contributed by atoms with Crippen molar-refractivity contribution in [2.24, 2.45) is 11.7 Å². The molecule has 0 atom stereocenters. The van der Waals surface area contributed by atoms with Crippen LogP contribution in [0.4, 0.5) is 0 Å². The second-order valence-electron chi connectivity index (χ2n) is 3.60. The van der Waals surface area contributed by atoms with Crippen molar-refractivity contribution in [3.63, 3.8) is 0 Å². The predicted octanol–water partition coefficient (Wildman–Crippen LogP) is 1.18. The van der Waals surface area contributed by atoms with Crippen molar-refractivity contribution in [2.45, 2.75) is 26.7 Å². The van der Waals surface area contributed by atoms with Gasteiger partial charge in [-0.2, -0.15) is 0 Å². The molecule has 1 aromatic rings. The zero-order valence-electron chi connectivity index (χ0n) is 8.33. The number of hydrogen-bond donors (Lipinski definition) is 1. The Bertz CT molecular complexity index is 258. The van der Waals surface area contributed by atoms with E-state index in [1.807, 2.05) is 12.3 Å². The molecule has 1 aromatic heterocycles. The van der Waals surface area contributed by atoms with Gasteiger partial charge in [-0.15, -0.1) is 0 Å². The van der Waals surface area contributed by atoms with Gasteiger partial charge in [0.05, 0.1) is 0 Å². The Morgan fingerprint density at radius 1 is 1.46 bits per heavy atom. The van der Waals surface area contributed by atoms with Gasteiger partial charge < -0.3 is 5.73 Å². The highest BCUT2D eigenvalue weighted by molar-refractivity contribution is 5.03. The van der Waals surface area contributed by atoms with Crippen molar-refractivity contribution in [3.05, 3.63) is 23.8 Å². The standard InChI is InChI=1S/C10H17N3/c1-8(2)7-9-4-6-12-10(13-9)3-5-11/h4,6,8H,3,5,7,11H2,1-2H3. The zero-order valence-corrected chi connectivity index (χ0v) is 8.33. The van der Waals surface area contributed by atoms with E-state index in [9.17, 15) is 0 Å². The molecule has 3 heteroatoms. The van der Waals surface area contributed by atoms with E-state index >= 15 is 0 Å². The molecule has 0 spiro atoms. The third-order valence-electron chi connectivity index (χ3n) is 1.75. The Labute approximate surface area is 79.4 Å². The summed E-state index contributed by atoms with van der Waals surface area (Å²) >= 11 is 0. The van der Waals surface area contributed by atoms with Crippen LogP contribution in [0.15, 0.2) is 12.3 Å². The number of nitrogens with zero attached hydrogens (tertiary/aromatic N) is 2. The topological polar surface area (TPSA) is 51.8 Å². The monoisotopic (exact) mass is 179 g/mol. The molecule has 0 fully saturated rings. The molecular formula is C10H17N3. The zero-order chi connectivity index (χ0) is 9.68. The van der Waals surface area contributed by atoms with Crippen LogP contribution in [0.1, 0.15) is 25.4 Å². The fourth-order valence-corrected chi connectivity index (χ4v) is 1.22. The SMILES string of the molecule is CC(C)Cc1ccnc(CCN)n1. The molecule has 3 nitrogen and oxygen atoms in total. The van der Waals surface area contributed by atoms with Gasteiger partial charge in [0.2, 0.25) is 0 Å². The van der Waals surface area contributed by atoms with Crippen molar-refractivity contribution in [1.29, 1.82) is 0 Å². The summed E-state index contributed by atoms with van der Waals surface area (Å²) < 4.78 is 0. The summed E-state index contributed by atoms with van der Waals surface area (Å²) in [4.78, 5) is 8.56. The van der Waals surface area contributed by atoms with Crippen molar-refractivity contribution >= 4 is 0 Å². The maximum atomic E-state index is 5.43. The molecule has 0 saturated heterocycles. The Morgan fingerprint density at radius 3 is 2.85 bits per heavy atom. The van der Waals surface area contributed by atoms with Crippen LogP contribution in [-0.2, 0) is 12.8 Å². The summed E-state index contributed by atoms with van der Waals surface area (Å²) in [6.45, 7) is 4.99. The first kappa shape index (κ1) is 10.1. The molecular weight excluding hydrogens is 162 g/mol. The molecule has 1 rings (SSSR count). The minimum atomic E-state index is 0.616. The van der Waals surface area contributed by atoms with Crippen LogP contribution < -0.4 is 5.73 Å². The molecule has 0 amide bonds. The normalized spacial score (nSPS) is 10.8. The highest BCUT2D eigenvalue weighted by Gasteiger charge is 2.00. The Morgan fingerprint density at radius 2 is 2.23 bits per heavy atom. The highest BCUT2D eigenvalue weighted by Crippen LogP contribution is 2.04. The van der Waals surface area contributed by atoms with Gasteiger partial charge in [-0.05, 0) is 24.9 Å². The van der Waals surface area contributed by atoms with E-state index in [-0.39, 0.29) is 0 Å².